The highest BCUT2D eigenvalue weighted by Gasteiger charge is 2.40. The Hall–Kier alpha value is -3.02. The van der Waals surface area contributed by atoms with Gasteiger partial charge < -0.3 is 4.90 Å². The number of hydrogen-bond donors (Lipinski definition) is 1. The van der Waals surface area contributed by atoms with E-state index in [9.17, 15) is 8.42 Å². The van der Waals surface area contributed by atoms with Gasteiger partial charge >= 0.3 is 0 Å². The summed E-state index contributed by atoms with van der Waals surface area (Å²) < 4.78 is 28.7. The Balaban J connectivity index is 1.53. The number of hydrogen-bond acceptors (Lipinski definition) is 7. The van der Waals surface area contributed by atoms with Crippen molar-refractivity contribution in [3.63, 3.8) is 0 Å². The number of nitrogens with zero attached hydrogens (tertiary/aromatic N) is 7. The fourth-order valence-electron chi connectivity index (χ4n) is 4.52. The molecule has 0 aliphatic carbocycles. The summed E-state index contributed by atoms with van der Waals surface area (Å²) in [7, 11) is -3.44. The van der Waals surface area contributed by atoms with Crippen LogP contribution in [-0.4, -0.2) is 67.7 Å². The van der Waals surface area contributed by atoms with Crippen LogP contribution in [0.4, 0.5) is 5.82 Å². The third-order valence-electron chi connectivity index (χ3n) is 5.89. The van der Waals surface area contributed by atoms with Gasteiger partial charge in [0.25, 0.3) is 0 Å². The van der Waals surface area contributed by atoms with E-state index in [-0.39, 0.29) is 6.04 Å². The molecule has 10 nitrogen and oxygen atoms in total. The second kappa shape index (κ2) is 8.08. The number of aromatic nitrogens is 6. The van der Waals surface area contributed by atoms with Crippen LogP contribution in [0.3, 0.4) is 0 Å². The molecule has 4 aromatic heterocycles. The molecular weight excluding hydrogens is 464 g/mol. The minimum Gasteiger partial charge on any atom is -0.353 e. The third-order valence-corrected chi connectivity index (χ3v) is 7.50. The maximum absolute atomic E-state index is 12.6. The second-order valence-corrected chi connectivity index (χ2v) is 10.6. The molecule has 0 aromatic carbocycles. The predicted molar refractivity (Wildman–Crippen MR) is 126 cm³/mol. The molecule has 12 heteroatoms. The fourth-order valence-corrected chi connectivity index (χ4v) is 6.04. The van der Waals surface area contributed by atoms with Crippen LogP contribution in [0, 0.1) is 6.92 Å². The average Bonchev–Trinajstić information content (AvgIpc) is 3.38. The average molecular weight is 487 g/mol. The first-order chi connectivity index (χ1) is 15.7. The van der Waals surface area contributed by atoms with E-state index in [4.69, 9.17) is 16.6 Å². The van der Waals surface area contributed by atoms with Crippen molar-refractivity contribution in [2.45, 2.75) is 25.9 Å². The first-order valence-electron chi connectivity index (χ1n) is 10.4. The smallest absolute Gasteiger partial charge is 0.212 e. The zero-order valence-electron chi connectivity index (χ0n) is 18.3. The van der Waals surface area contributed by atoms with E-state index < -0.39 is 16.1 Å². The van der Waals surface area contributed by atoms with Crippen LogP contribution in [0.5, 0.6) is 0 Å². The number of anilines is 1. The molecule has 2 unspecified atom stereocenters. The molecule has 5 heterocycles. The highest BCUT2D eigenvalue weighted by atomic mass is 35.5. The molecule has 172 valence electrons. The number of imidazole rings is 1. The summed E-state index contributed by atoms with van der Waals surface area (Å²) in [4.78, 5) is 15.7. The van der Waals surface area contributed by atoms with Crippen LogP contribution >= 0.6 is 11.6 Å². The van der Waals surface area contributed by atoms with Crippen molar-refractivity contribution >= 4 is 33.1 Å². The maximum atomic E-state index is 12.6. The standard InChI is InChI=1S/C21H23ClN8O2S/c1-13-10-28(12-18(30(13)33(3,31)32)16-8-25-27-14(16)2)20-6-7-23-21(26-20)17-9-24-19-5-4-15(22)11-29(17)19/h4-9,11,13,18H,10,12H2,1-3H3,(H,25,27). The van der Waals surface area contributed by atoms with Gasteiger partial charge in [-0.2, -0.15) is 9.40 Å². The number of aryl methyl sites for hydroxylation is 1. The number of H-pyrrole nitrogens is 1. The lowest BCUT2D eigenvalue weighted by molar-refractivity contribution is 0.230. The van der Waals surface area contributed by atoms with Crippen LogP contribution < -0.4 is 4.90 Å². The van der Waals surface area contributed by atoms with Gasteiger partial charge in [0.1, 0.15) is 17.2 Å². The van der Waals surface area contributed by atoms with Gasteiger partial charge in [0.15, 0.2) is 5.82 Å². The van der Waals surface area contributed by atoms with Crippen LogP contribution in [-0.2, 0) is 10.0 Å². The Morgan fingerprint density at radius 2 is 1.97 bits per heavy atom. The van der Waals surface area contributed by atoms with Crippen molar-refractivity contribution < 1.29 is 8.42 Å². The SMILES string of the molecule is Cc1[nH]ncc1C1CN(c2ccnc(-c3cnc4ccc(Cl)cn34)n2)CC(C)N1S(C)(=O)=O. The molecule has 4 aromatic rings. The minimum absolute atomic E-state index is 0.263. The predicted octanol–water partition coefficient (Wildman–Crippen LogP) is 2.69. The van der Waals surface area contributed by atoms with E-state index in [2.05, 4.69) is 25.1 Å². The van der Waals surface area contributed by atoms with Crippen molar-refractivity contribution in [2.75, 3.05) is 24.2 Å². The molecule has 0 radical (unpaired) electrons. The Morgan fingerprint density at radius 3 is 2.70 bits per heavy atom. The van der Waals surface area contributed by atoms with Gasteiger partial charge in [-0.25, -0.2) is 23.4 Å². The normalized spacial score (nSPS) is 19.9. The molecule has 0 bridgehead atoms. The molecule has 0 amide bonds. The van der Waals surface area contributed by atoms with E-state index in [1.165, 1.54) is 6.26 Å². The number of rotatable bonds is 4. The Morgan fingerprint density at radius 1 is 1.15 bits per heavy atom. The number of nitrogens with one attached hydrogen (secondary N) is 1. The molecule has 33 heavy (non-hydrogen) atoms. The largest absolute Gasteiger partial charge is 0.353 e. The lowest BCUT2D eigenvalue weighted by atomic mass is 10.0. The second-order valence-electron chi connectivity index (χ2n) is 8.27. The van der Waals surface area contributed by atoms with Crippen LogP contribution in [0.1, 0.15) is 24.2 Å². The summed E-state index contributed by atoms with van der Waals surface area (Å²) in [5.74, 6) is 1.22. The van der Waals surface area contributed by atoms with Crippen molar-refractivity contribution in [3.8, 4) is 11.5 Å². The van der Waals surface area contributed by atoms with Crippen molar-refractivity contribution in [1.29, 1.82) is 0 Å². The number of sulfonamides is 1. The highest BCUT2D eigenvalue weighted by Crippen LogP contribution is 2.34. The Labute approximate surface area is 196 Å². The molecule has 1 aliphatic rings. The molecule has 1 saturated heterocycles. The van der Waals surface area contributed by atoms with Crippen molar-refractivity contribution in [2.24, 2.45) is 0 Å². The molecule has 2 atom stereocenters. The molecule has 1 aliphatic heterocycles. The summed E-state index contributed by atoms with van der Waals surface area (Å²) in [6, 6.07) is 4.80. The van der Waals surface area contributed by atoms with E-state index in [1.807, 2.05) is 30.4 Å². The van der Waals surface area contributed by atoms with Crippen LogP contribution in [0.15, 0.2) is 43.0 Å². The first kappa shape index (κ1) is 21.8. The first-order valence-corrected chi connectivity index (χ1v) is 12.6. The van der Waals surface area contributed by atoms with Crippen LogP contribution in [0.2, 0.25) is 5.02 Å². The zero-order valence-corrected chi connectivity index (χ0v) is 19.9. The Bertz CT molecular complexity index is 1430. The van der Waals surface area contributed by atoms with Gasteiger partial charge in [-0.05, 0) is 32.0 Å². The molecule has 1 N–H and O–H groups in total. The summed E-state index contributed by atoms with van der Waals surface area (Å²) in [5, 5.41) is 7.61. The van der Waals surface area contributed by atoms with E-state index in [1.54, 1.807) is 35.2 Å². The van der Waals surface area contributed by atoms with E-state index in [0.29, 0.717) is 29.8 Å². The van der Waals surface area contributed by atoms with Gasteiger partial charge in [0.2, 0.25) is 10.0 Å². The lowest BCUT2D eigenvalue weighted by Gasteiger charge is -2.44. The molecule has 5 rings (SSSR count). The molecule has 1 fully saturated rings. The third kappa shape index (κ3) is 3.96. The summed E-state index contributed by atoms with van der Waals surface area (Å²) in [6.45, 7) is 4.73. The van der Waals surface area contributed by atoms with Gasteiger partial charge in [0.05, 0.1) is 29.7 Å². The summed E-state index contributed by atoms with van der Waals surface area (Å²) >= 11 is 6.17. The van der Waals surface area contributed by atoms with Gasteiger partial charge in [-0.1, -0.05) is 11.6 Å². The fraction of sp³-hybridized carbons (Fsp3) is 0.333. The van der Waals surface area contributed by atoms with Crippen LogP contribution in [0.25, 0.3) is 17.2 Å². The topological polar surface area (TPSA) is 112 Å². The molecule has 0 spiro atoms. The monoisotopic (exact) mass is 486 g/mol. The van der Waals surface area contributed by atoms with Gasteiger partial charge in [0, 0.05) is 42.8 Å². The zero-order chi connectivity index (χ0) is 23.3. The van der Waals surface area contributed by atoms with Crippen molar-refractivity contribution in [1.82, 2.24) is 33.9 Å². The lowest BCUT2D eigenvalue weighted by Crippen LogP contribution is -2.55. The number of halogens is 1. The summed E-state index contributed by atoms with van der Waals surface area (Å²) in [5.41, 5.74) is 3.16. The quantitative estimate of drug-likeness (QED) is 0.472. The van der Waals surface area contributed by atoms with Gasteiger partial charge in [-0.15, -0.1) is 0 Å². The number of pyridine rings is 1. The summed E-state index contributed by atoms with van der Waals surface area (Å²) in [6.07, 6.45) is 8.14. The number of fused-ring (bicyclic) bond motifs is 1. The van der Waals surface area contributed by atoms with Crippen molar-refractivity contribution in [3.05, 3.63) is 59.3 Å². The molecular formula is C21H23ClN8O2S. The molecule has 0 saturated carbocycles. The van der Waals surface area contributed by atoms with E-state index >= 15 is 0 Å². The number of aromatic amines is 1. The Kier molecular flexibility index (Phi) is 5.34. The van der Waals surface area contributed by atoms with Gasteiger partial charge in [-0.3, -0.25) is 9.50 Å². The van der Waals surface area contributed by atoms with E-state index in [0.717, 1.165) is 22.6 Å². The minimum atomic E-state index is -3.44. The number of piperazine rings is 1. The highest BCUT2D eigenvalue weighted by molar-refractivity contribution is 7.88. The maximum Gasteiger partial charge on any atom is 0.212 e.